The third-order valence-corrected chi connectivity index (χ3v) is 5.95. The van der Waals surface area contributed by atoms with Crippen LogP contribution in [0.2, 0.25) is 0 Å². The number of carbonyl (C=O) groups is 2. The zero-order valence-corrected chi connectivity index (χ0v) is 14.4. The Kier molecular flexibility index (Phi) is 3.74. The van der Waals surface area contributed by atoms with Crippen molar-refractivity contribution in [3.8, 4) is 0 Å². The normalized spacial score (nSPS) is 28.8. The van der Waals surface area contributed by atoms with Gasteiger partial charge in [0.05, 0.1) is 0 Å². The minimum Gasteiger partial charge on any atom is -0.345 e. The standard InChI is InChI=1S/C19H25N3O2/c1-12-6-7-14(9-17(12)13-8-18(23)21(2)11-13)20-19(24)22-15-4-3-5-16(22)10-15/h6-7,9,13,15-16H,3-5,8,10-11H2,1-2H3,(H,20,24). The number of nitrogens with zero attached hydrogens (tertiary/aromatic N) is 2. The van der Waals surface area contributed by atoms with Crippen LogP contribution in [0.5, 0.6) is 0 Å². The van der Waals surface area contributed by atoms with Crippen LogP contribution < -0.4 is 5.32 Å². The van der Waals surface area contributed by atoms with Gasteiger partial charge in [-0.15, -0.1) is 0 Å². The third kappa shape index (κ3) is 2.56. The minimum absolute atomic E-state index is 0.0327. The van der Waals surface area contributed by atoms with E-state index in [2.05, 4.69) is 18.3 Å². The molecule has 2 bridgehead atoms. The van der Waals surface area contributed by atoms with E-state index in [1.165, 1.54) is 24.0 Å². The van der Waals surface area contributed by atoms with Crippen LogP contribution in [0.3, 0.4) is 0 Å². The Bertz CT molecular complexity index is 673. The lowest BCUT2D eigenvalue weighted by molar-refractivity contribution is -0.126. The predicted molar refractivity (Wildman–Crippen MR) is 93.1 cm³/mol. The molecule has 5 heteroatoms. The van der Waals surface area contributed by atoms with E-state index in [-0.39, 0.29) is 17.9 Å². The molecule has 1 aromatic carbocycles. The molecule has 24 heavy (non-hydrogen) atoms. The Hall–Kier alpha value is -2.04. The number of anilines is 1. The first-order chi connectivity index (χ1) is 11.5. The molecule has 0 aliphatic carbocycles. The van der Waals surface area contributed by atoms with Gasteiger partial charge in [0.15, 0.2) is 0 Å². The van der Waals surface area contributed by atoms with E-state index in [1.807, 2.05) is 24.1 Å². The molecule has 1 aromatic rings. The fourth-order valence-electron chi connectivity index (χ4n) is 4.55. The van der Waals surface area contributed by atoms with Crippen molar-refractivity contribution < 1.29 is 9.59 Å². The molecule has 3 saturated heterocycles. The van der Waals surface area contributed by atoms with Crippen LogP contribution in [0.1, 0.15) is 49.1 Å². The first-order valence-corrected chi connectivity index (χ1v) is 8.97. The van der Waals surface area contributed by atoms with Gasteiger partial charge in [-0.05, 0) is 55.9 Å². The summed E-state index contributed by atoms with van der Waals surface area (Å²) in [4.78, 5) is 28.2. The summed E-state index contributed by atoms with van der Waals surface area (Å²) < 4.78 is 0. The van der Waals surface area contributed by atoms with Gasteiger partial charge in [0.1, 0.15) is 0 Å². The highest BCUT2D eigenvalue weighted by molar-refractivity contribution is 5.90. The number of likely N-dealkylation sites (N-methyl/N-ethyl adjacent to an activating group) is 1. The molecule has 0 radical (unpaired) electrons. The van der Waals surface area contributed by atoms with Gasteiger partial charge in [0.25, 0.3) is 0 Å². The Morgan fingerprint density at radius 1 is 1.25 bits per heavy atom. The maximum Gasteiger partial charge on any atom is 0.322 e. The van der Waals surface area contributed by atoms with Crippen molar-refractivity contribution in [2.24, 2.45) is 0 Å². The molecule has 3 heterocycles. The van der Waals surface area contributed by atoms with E-state index in [0.29, 0.717) is 18.5 Å². The fraction of sp³-hybridized carbons (Fsp3) is 0.579. The molecule has 5 nitrogen and oxygen atoms in total. The topological polar surface area (TPSA) is 52.7 Å². The van der Waals surface area contributed by atoms with Crippen LogP contribution >= 0.6 is 0 Å². The first kappa shape index (κ1) is 15.5. The fourth-order valence-corrected chi connectivity index (χ4v) is 4.55. The summed E-state index contributed by atoms with van der Waals surface area (Å²) in [5.41, 5.74) is 3.20. The summed E-state index contributed by atoms with van der Waals surface area (Å²) in [6.07, 6.45) is 5.25. The maximum absolute atomic E-state index is 12.6. The van der Waals surface area contributed by atoms with Crippen LogP contribution in [0, 0.1) is 6.92 Å². The second-order valence-electron chi connectivity index (χ2n) is 7.56. The molecule has 128 valence electrons. The van der Waals surface area contributed by atoms with Gasteiger partial charge in [-0.1, -0.05) is 6.07 Å². The molecule has 0 spiro atoms. The number of hydrogen-bond donors (Lipinski definition) is 1. The number of fused-ring (bicyclic) bond motifs is 2. The van der Waals surface area contributed by atoms with Crippen molar-refractivity contribution >= 4 is 17.6 Å². The molecule has 3 aliphatic heterocycles. The smallest absolute Gasteiger partial charge is 0.322 e. The van der Waals surface area contributed by atoms with Crippen molar-refractivity contribution in [1.82, 2.24) is 9.80 Å². The Balaban J connectivity index is 1.49. The zero-order valence-electron chi connectivity index (χ0n) is 14.4. The van der Waals surface area contributed by atoms with Gasteiger partial charge in [0.2, 0.25) is 5.91 Å². The van der Waals surface area contributed by atoms with E-state index < -0.39 is 0 Å². The van der Waals surface area contributed by atoms with Crippen LogP contribution in [-0.2, 0) is 4.79 Å². The molecule has 3 aliphatic rings. The van der Waals surface area contributed by atoms with Gasteiger partial charge in [0, 0.05) is 43.7 Å². The number of carbonyl (C=O) groups excluding carboxylic acids is 2. The monoisotopic (exact) mass is 327 g/mol. The summed E-state index contributed by atoms with van der Waals surface area (Å²) in [7, 11) is 1.85. The highest BCUT2D eigenvalue weighted by atomic mass is 16.2. The number of urea groups is 1. The Morgan fingerprint density at radius 2 is 2.00 bits per heavy atom. The molecule has 3 atom stereocenters. The van der Waals surface area contributed by atoms with Crippen molar-refractivity contribution in [1.29, 1.82) is 0 Å². The average molecular weight is 327 g/mol. The van der Waals surface area contributed by atoms with Crippen molar-refractivity contribution in [3.05, 3.63) is 29.3 Å². The van der Waals surface area contributed by atoms with Crippen LogP contribution in [0.15, 0.2) is 18.2 Å². The number of piperidine rings is 1. The molecular weight excluding hydrogens is 302 g/mol. The van der Waals surface area contributed by atoms with E-state index in [1.54, 1.807) is 4.90 Å². The Morgan fingerprint density at radius 3 is 2.62 bits per heavy atom. The summed E-state index contributed by atoms with van der Waals surface area (Å²) in [5.74, 6) is 0.421. The summed E-state index contributed by atoms with van der Waals surface area (Å²) in [5, 5.41) is 3.07. The number of hydrogen-bond acceptors (Lipinski definition) is 2. The van der Waals surface area contributed by atoms with Gasteiger partial charge in [-0.25, -0.2) is 4.79 Å². The molecule has 0 saturated carbocycles. The minimum atomic E-state index is 0.0327. The van der Waals surface area contributed by atoms with Gasteiger partial charge in [-0.2, -0.15) is 0 Å². The van der Waals surface area contributed by atoms with Crippen molar-refractivity contribution in [2.45, 2.75) is 57.0 Å². The van der Waals surface area contributed by atoms with Crippen molar-refractivity contribution in [2.75, 3.05) is 18.9 Å². The number of nitrogens with one attached hydrogen (secondary N) is 1. The molecule has 3 fully saturated rings. The number of aryl methyl sites for hydroxylation is 1. The van der Waals surface area contributed by atoms with E-state index in [4.69, 9.17) is 0 Å². The van der Waals surface area contributed by atoms with E-state index in [9.17, 15) is 9.59 Å². The average Bonchev–Trinajstić information content (AvgIpc) is 2.89. The van der Waals surface area contributed by atoms with Crippen LogP contribution in [-0.4, -0.2) is 47.4 Å². The number of amides is 3. The SMILES string of the molecule is Cc1ccc(NC(=O)N2C3CCCC2C3)cc1C1CC(=O)N(C)C1. The Labute approximate surface area is 143 Å². The predicted octanol–water partition coefficient (Wildman–Crippen LogP) is 3.10. The second kappa shape index (κ2) is 5.80. The third-order valence-electron chi connectivity index (χ3n) is 5.95. The van der Waals surface area contributed by atoms with E-state index in [0.717, 1.165) is 25.1 Å². The summed E-state index contributed by atoms with van der Waals surface area (Å²) in [6.45, 7) is 2.83. The maximum atomic E-state index is 12.6. The molecule has 4 rings (SSSR count). The largest absolute Gasteiger partial charge is 0.345 e. The quantitative estimate of drug-likeness (QED) is 0.907. The second-order valence-corrected chi connectivity index (χ2v) is 7.56. The number of rotatable bonds is 2. The number of likely N-dealkylation sites (tertiary alicyclic amines) is 1. The molecular formula is C19H25N3O2. The molecule has 0 aromatic heterocycles. The lowest BCUT2D eigenvalue weighted by Gasteiger charge is -2.52. The van der Waals surface area contributed by atoms with E-state index >= 15 is 0 Å². The van der Waals surface area contributed by atoms with Gasteiger partial charge < -0.3 is 15.1 Å². The summed E-state index contributed by atoms with van der Waals surface area (Å²) >= 11 is 0. The van der Waals surface area contributed by atoms with Gasteiger partial charge >= 0.3 is 6.03 Å². The van der Waals surface area contributed by atoms with Crippen molar-refractivity contribution in [3.63, 3.8) is 0 Å². The highest BCUT2D eigenvalue weighted by Gasteiger charge is 2.44. The zero-order chi connectivity index (χ0) is 16.8. The molecule has 3 amide bonds. The number of benzene rings is 1. The van der Waals surface area contributed by atoms with Gasteiger partial charge in [-0.3, -0.25) is 4.79 Å². The lowest BCUT2D eigenvalue weighted by atomic mass is 9.80. The van der Waals surface area contributed by atoms with Crippen LogP contribution in [0.4, 0.5) is 10.5 Å². The molecule has 3 unspecified atom stereocenters. The first-order valence-electron chi connectivity index (χ1n) is 8.97. The van der Waals surface area contributed by atoms with Crippen LogP contribution in [0.25, 0.3) is 0 Å². The lowest BCUT2D eigenvalue weighted by Crippen LogP contribution is -2.62. The molecule has 1 N–H and O–H groups in total. The highest BCUT2D eigenvalue weighted by Crippen LogP contribution is 2.38. The summed E-state index contributed by atoms with van der Waals surface area (Å²) in [6, 6.07) is 6.98.